The van der Waals surface area contributed by atoms with Crippen LogP contribution >= 0.6 is 0 Å². The molecule has 0 amide bonds. The maximum atomic E-state index is 11.3. The fourth-order valence-electron chi connectivity index (χ4n) is 2.62. The lowest BCUT2D eigenvalue weighted by Gasteiger charge is -2.36. The molecule has 3 heteroatoms. The molecule has 0 spiro atoms. The van der Waals surface area contributed by atoms with Gasteiger partial charge in [0.15, 0.2) is 0 Å². The molecule has 1 aliphatic carbocycles. The first-order valence-corrected chi connectivity index (χ1v) is 6.51. The highest BCUT2D eigenvalue weighted by molar-refractivity contribution is 5.69. The minimum absolute atomic E-state index is 0.0715. The number of hydrogen-bond acceptors (Lipinski definition) is 3. The van der Waals surface area contributed by atoms with Crippen molar-refractivity contribution in [3.05, 3.63) is 0 Å². The number of hydrogen-bond donors (Lipinski definition) is 0. The van der Waals surface area contributed by atoms with Gasteiger partial charge in [-0.25, -0.2) is 0 Å². The zero-order valence-electron chi connectivity index (χ0n) is 10.9. The number of ether oxygens (including phenoxy) is 1. The number of rotatable bonds is 5. The highest BCUT2D eigenvalue weighted by atomic mass is 16.5. The molecular formula is C13H25NO2. The largest absolute Gasteiger partial charge is 0.466 e. The smallest absolute Gasteiger partial charge is 0.307 e. The standard InChI is InChI=1S/C13H25NO2/c1-4-16-13(15)9-10-14(3)12-8-6-5-7-11(12)2/h11-12H,4-10H2,1-3H3. The van der Waals surface area contributed by atoms with Crippen molar-refractivity contribution in [3.8, 4) is 0 Å². The maximum absolute atomic E-state index is 11.3. The molecule has 1 aliphatic rings. The molecule has 2 unspecified atom stereocenters. The van der Waals surface area contributed by atoms with Crippen LogP contribution in [0.4, 0.5) is 0 Å². The SMILES string of the molecule is CCOC(=O)CCN(C)C1CCCCC1C. The summed E-state index contributed by atoms with van der Waals surface area (Å²) in [7, 11) is 2.13. The first kappa shape index (κ1) is 13.5. The van der Waals surface area contributed by atoms with Gasteiger partial charge in [0, 0.05) is 12.6 Å². The molecule has 0 aliphatic heterocycles. The fourth-order valence-corrected chi connectivity index (χ4v) is 2.62. The topological polar surface area (TPSA) is 29.5 Å². The van der Waals surface area contributed by atoms with Crippen LogP contribution in [0.3, 0.4) is 0 Å². The fraction of sp³-hybridized carbons (Fsp3) is 0.923. The summed E-state index contributed by atoms with van der Waals surface area (Å²) in [6, 6.07) is 0.656. The Kier molecular flexibility index (Phi) is 5.81. The van der Waals surface area contributed by atoms with Gasteiger partial charge in [-0.2, -0.15) is 0 Å². The Bertz CT molecular complexity index is 218. The van der Waals surface area contributed by atoms with Crippen molar-refractivity contribution < 1.29 is 9.53 Å². The van der Waals surface area contributed by atoms with Gasteiger partial charge in [0.2, 0.25) is 0 Å². The predicted molar refractivity (Wildman–Crippen MR) is 65.3 cm³/mol. The first-order chi connectivity index (χ1) is 7.65. The summed E-state index contributed by atoms with van der Waals surface area (Å²) < 4.78 is 4.94. The summed E-state index contributed by atoms with van der Waals surface area (Å²) in [6.07, 6.45) is 5.82. The van der Waals surface area contributed by atoms with E-state index in [1.54, 1.807) is 0 Å². The zero-order valence-corrected chi connectivity index (χ0v) is 10.9. The van der Waals surface area contributed by atoms with E-state index in [4.69, 9.17) is 4.74 Å². The zero-order chi connectivity index (χ0) is 12.0. The number of nitrogens with zero attached hydrogens (tertiary/aromatic N) is 1. The van der Waals surface area contributed by atoms with E-state index in [0.29, 0.717) is 19.1 Å². The highest BCUT2D eigenvalue weighted by Crippen LogP contribution is 2.27. The van der Waals surface area contributed by atoms with Gasteiger partial charge in [0.1, 0.15) is 0 Å². The molecule has 2 atom stereocenters. The third-order valence-corrected chi connectivity index (χ3v) is 3.61. The van der Waals surface area contributed by atoms with Crippen LogP contribution in [-0.4, -0.2) is 37.1 Å². The van der Waals surface area contributed by atoms with Crippen molar-refractivity contribution in [2.24, 2.45) is 5.92 Å². The van der Waals surface area contributed by atoms with E-state index < -0.39 is 0 Å². The summed E-state index contributed by atoms with van der Waals surface area (Å²) in [6.45, 7) is 5.49. The van der Waals surface area contributed by atoms with Crippen molar-refractivity contribution >= 4 is 5.97 Å². The second kappa shape index (κ2) is 6.89. The van der Waals surface area contributed by atoms with Crippen molar-refractivity contribution in [3.63, 3.8) is 0 Å². The van der Waals surface area contributed by atoms with E-state index >= 15 is 0 Å². The van der Waals surface area contributed by atoms with Gasteiger partial charge in [0.25, 0.3) is 0 Å². The molecule has 94 valence electrons. The molecule has 16 heavy (non-hydrogen) atoms. The minimum Gasteiger partial charge on any atom is -0.466 e. The molecule has 0 saturated heterocycles. The summed E-state index contributed by atoms with van der Waals surface area (Å²) in [4.78, 5) is 13.6. The second-order valence-electron chi connectivity index (χ2n) is 4.86. The molecule has 1 saturated carbocycles. The first-order valence-electron chi connectivity index (χ1n) is 6.51. The third kappa shape index (κ3) is 4.12. The molecule has 0 aromatic carbocycles. The summed E-state index contributed by atoms with van der Waals surface area (Å²) >= 11 is 0. The van der Waals surface area contributed by atoms with E-state index in [9.17, 15) is 4.79 Å². The Morgan fingerprint density at radius 3 is 2.69 bits per heavy atom. The average molecular weight is 227 g/mol. The van der Waals surface area contributed by atoms with Gasteiger partial charge < -0.3 is 9.64 Å². The molecule has 0 radical (unpaired) electrons. The van der Waals surface area contributed by atoms with Gasteiger partial charge >= 0.3 is 5.97 Å². The van der Waals surface area contributed by atoms with E-state index in [-0.39, 0.29) is 5.97 Å². The molecule has 0 N–H and O–H groups in total. The van der Waals surface area contributed by atoms with Crippen LogP contribution in [0.2, 0.25) is 0 Å². The number of carbonyl (C=O) groups excluding carboxylic acids is 1. The Hall–Kier alpha value is -0.570. The Morgan fingerprint density at radius 1 is 1.38 bits per heavy atom. The average Bonchev–Trinajstić information content (AvgIpc) is 2.27. The Labute approximate surface area is 99.1 Å². The van der Waals surface area contributed by atoms with E-state index in [2.05, 4.69) is 18.9 Å². The van der Waals surface area contributed by atoms with Crippen LogP contribution in [0.25, 0.3) is 0 Å². The summed E-state index contributed by atoms with van der Waals surface area (Å²) in [5, 5.41) is 0. The molecule has 0 heterocycles. The molecular weight excluding hydrogens is 202 g/mol. The van der Waals surface area contributed by atoms with Crippen molar-refractivity contribution in [2.75, 3.05) is 20.2 Å². The Balaban J connectivity index is 2.27. The van der Waals surface area contributed by atoms with Gasteiger partial charge in [-0.3, -0.25) is 4.79 Å². The van der Waals surface area contributed by atoms with Gasteiger partial charge in [-0.05, 0) is 32.7 Å². The lowest BCUT2D eigenvalue weighted by Crippen LogP contribution is -2.40. The normalized spacial score (nSPS) is 25.8. The van der Waals surface area contributed by atoms with E-state index in [0.717, 1.165) is 12.5 Å². The van der Waals surface area contributed by atoms with Gasteiger partial charge in [-0.15, -0.1) is 0 Å². The number of esters is 1. The number of carbonyl (C=O) groups is 1. The van der Waals surface area contributed by atoms with E-state index in [1.807, 2.05) is 6.92 Å². The quantitative estimate of drug-likeness (QED) is 0.676. The summed E-state index contributed by atoms with van der Waals surface area (Å²) in [5.74, 6) is 0.693. The monoisotopic (exact) mass is 227 g/mol. The predicted octanol–water partition coefficient (Wildman–Crippen LogP) is 2.45. The van der Waals surface area contributed by atoms with Crippen LogP contribution in [-0.2, 0) is 9.53 Å². The molecule has 3 nitrogen and oxygen atoms in total. The third-order valence-electron chi connectivity index (χ3n) is 3.61. The van der Waals surface area contributed by atoms with Crippen LogP contribution in [0.15, 0.2) is 0 Å². The second-order valence-corrected chi connectivity index (χ2v) is 4.86. The molecule has 0 bridgehead atoms. The van der Waals surface area contributed by atoms with Crippen LogP contribution in [0.5, 0.6) is 0 Å². The Morgan fingerprint density at radius 2 is 2.06 bits per heavy atom. The van der Waals surface area contributed by atoms with Crippen LogP contribution < -0.4 is 0 Å². The highest BCUT2D eigenvalue weighted by Gasteiger charge is 2.24. The lowest BCUT2D eigenvalue weighted by molar-refractivity contribution is -0.143. The molecule has 1 rings (SSSR count). The van der Waals surface area contributed by atoms with Crippen LogP contribution in [0, 0.1) is 5.92 Å². The minimum atomic E-state index is -0.0715. The molecule has 0 aromatic heterocycles. The van der Waals surface area contributed by atoms with Crippen LogP contribution in [0.1, 0.15) is 46.0 Å². The maximum Gasteiger partial charge on any atom is 0.307 e. The van der Waals surface area contributed by atoms with Crippen molar-refractivity contribution in [1.29, 1.82) is 0 Å². The summed E-state index contributed by atoms with van der Waals surface area (Å²) in [5.41, 5.74) is 0. The molecule has 0 aromatic rings. The molecule has 1 fully saturated rings. The van der Waals surface area contributed by atoms with Crippen molar-refractivity contribution in [1.82, 2.24) is 4.90 Å². The van der Waals surface area contributed by atoms with E-state index in [1.165, 1.54) is 25.7 Å². The van der Waals surface area contributed by atoms with Gasteiger partial charge in [-0.1, -0.05) is 19.8 Å². The lowest BCUT2D eigenvalue weighted by atomic mass is 9.85. The van der Waals surface area contributed by atoms with Crippen molar-refractivity contribution in [2.45, 2.75) is 52.0 Å². The van der Waals surface area contributed by atoms with Gasteiger partial charge in [0.05, 0.1) is 13.0 Å².